The molecule has 0 aliphatic rings. The molecule has 0 atom stereocenters. The molecule has 0 spiro atoms. The van der Waals surface area contributed by atoms with Crippen molar-refractivity contribution in [2.45, 2.75) is 20.4 Å². The number of ether oxygens (including phenoxy) is 2. The maximum Gasteiger partial charge on any atom is 0.277 e. The van der Waals surface area contributed by atoms with Crippen LogP contribution in [0.15, 0.2) is 47.0 Å². The Morgan fingerprint density at radius 2 is 1.82 bits per heavy atom. The summed E-state index contributed by atoms with van der Waals surface area (Å²) < 4.78 is 17.8. The Morgan fingerprint density at radius 3 is 2.50 bits per heavy atom. The van der Waals surface area contributed by atoms with Crippen molar-refractivity contribution in [3.8, 4) is 22.8 Å². The van der Waals surface area contributed by atoms with E-state index in [1.54, 1.807) is 61.4 Å². The summed E-state index contributed by atoms with van der Waals surface area (Å²) in [7, 11) is 3.11. The molecule has 10 heteroatoms. The fraction of sp³-hybridized carbons (Fsp3) is 0.208. The van der Waals surface area contributed by atoms with Gasteiger partial charge >= 0.3 is 0 Å². The van der Waals surface area contributed by atoms with Crippen LogP contribution in [0.2, 0.25) is 10.0 Å². The van der Waals surface area contributed by atoms with E-state index in [-0.39, 0.29) is 5.69 Å². The highest BCUT2D eigenvalue weighted by Gasteiger charge is 2.21. The third-order valence-electron chi connectivity index (χ3n) is 5.40. The zero-order chi connectivity index (χ0) is 24.4. The first-order chi connectivity index (χ1) is 16.3. The second kappa shape index (κ2) is 9.79. The molecule has 8 nitrogen and oxygen atoms in total. The first-order valence-electron chi connectivity index (χ1n) is 10.3. The molecule has 0 radical (unpaired) electrons. The first-order valence-corrected chi connectivity index (χ1v) is 11.0. The fourth-order valence-electron chi connectivity index (χ4n) is 3.56. The average Bonchev–Trinajstić information content (AvgIpc) is 3.42. The number of hydrogen-bond donors (Lipinski definition) is 1. The molecular weight excluding hydrogens is 479 g/mol. The van der Waals surface area contributed by atoms with E-state index in [2.05, 4.69) is 15.6 Å². The molecule has 0 bridgehead atoms. The Balaban J connectivity index is 1.57. The predicted octanol–water partition coefficient (Wildman–Crippen LogP) is 5.78. The first kappa shape index (κ1) is 23.7. The standard InChI is InChI=1S/C24H22Cl2N4O4/c1-13-23(14(2)30(28-13)12-17-18(25)6-5-7-19(17)26)27-24(31)20-11-22(34-29-20)16-10-15(32-3)8-9-21(16)33-4/h5-11H,12H2,1-4H3,(H,27,31). The molecule has 0 aliphatic carbocycles. The van der Waals surface area contributed by atoms with Gasteiger partial charge in [-0.25, -0.2) is 0 Å². The zero-order valence-corrected chi connectivity index (χ0v) is 20.5. The third-order valence-corrected chi connectivity index (χ3v) is 6.11. The minimum Gasteiger partial charge on any atom is -0.497 e. The summed E-state index contributed by atoms with van der Waals surface area (Å²) >= 11 is 12.6. The van der Waals surface area contributed by atoms with E-state index >= 15 is 0 Å². The van der Waals surface area contributed by atoms with Crippen LogP contribution in [0.4, 0.5) is 5.69 Å². The molecule has 0 aliphatic heterocycles. The van der Waals surface area contributed by atoms with Crippen LogP contribution in [0.25, 0.3) is 11.3 Å². The van der Waals surface area contributed by atoms with Crippen LogP contribution in [-0.4, -0.2) is 35.1 Å². The lowest BCUT2D eigenvalue weighted by Crippen LogP contribution is -2.13. The molecule has 0 unspecified atom stereocenters. The highest BCUT2D eigenvalue weighted by Crippen LogP contribution is 2.34. The molecule has 34 heavy (non-hydrogen) atoms. The fourth-order valence-corrected chi connectivity index (χ4v) is 4.08. The Hall–Kier alpha value is -3.49. The van der Waals surface area contributed by atoms with Crippen LogP contribution in [0.5, 0.6) is 11.5 Å². The SMILES string of the molecule is COc1ccc(OC)c(-c2cc(C(=O)Nc3c(C)nn(Cc4c(Cl)cccc4Cl)c3C)no2)c1. The van der Waals surface area contributed by atoms with Crippen molar-refractivity contribution in [3.63, 3.8) is 0 Å². The molecule has 0 fully saturated rings. The van der Waals surface area contributed by atoms with Crippen molar-refractivity contribution in [1.82, 2.24) is 14.9 Å². The van der Waals surface area contributed by atoms with Crippen LogP contribution in [0, 0.1) is 13.8 Å². The average molecular weight is 501 g/mol. The molecule has 2 aromatic carbocycles. The number of halogens is 2. The van der Waals surface area contributed by atoms with E-state index in [0.29, 0.717) is 50.8 Å². The Morgan fingerprint density at radius 1 is 1.09 bits per heavy atom. The summed E-state index contributed by atoms with van der Waals surface area (Å²) in [4.78, 5) is 12.9. The van der Waals surface area contributed by atoms with Gasteiger partial charge in [-0.1, -0.05) is 34.4 Å². The molecule has 4 rings (SSSR count). The Bertz CT molecular complexity index is 1340. The molecular formula is C24H22Cl2N4O4. The second-order valence-corrected chi connectivity index (χ2v) is 8.31. The van der Waals surface area contributed by atoms with Crippen molar-refractivity contribution in [2.24, 2.45) is 0 Å². The number of carbonyl (C=O) groups is 1. The molecule has 4 aromatic rings. The predicted molar refractivity (Wildman–Crippen MR) is 130 cm³/mol. The molecule has 0 saturated heterocycles. The number of rotatable bonds is 7. The molecule has 2 heterocycles. The minimum atomic E-state index is -0.432. The van der Waals surface area contributed by atoms with Gasteiger partial charge in [0, 0.05) is 21.7 Å². The van der Waals surface area contributed by atoms with Crippen molar-refractivity contribution in [1.29, 1.82) is 0 Å². The Kier molecular flexibility index (Phi) is 6.81. The van der Waals surface area contributed by atoms with Gasteiger partial charge in [-0.05, 0) is 44.2 Å². The molecule has 176 valence electrons. The van der Waals surface area contributed by atoms with Crippen LogP contribution in [-0.2, 0) is 6.54 Å². The maximum atomic E-state index is 12.9. The number of hydrogen-bond acceptors (Lipinski definition) is 6. The van der Waals surface area contributed by atoms with E-state index < -0.39 is 5.91 Å². The third kappa shape index (κ3) is 4.60. The van der Waals surface area contributed by atoms with Gasteiger partial charge in [0.2, 0.25) is 0 Å². The van der Waals surface area contributed by atoms with Crippen LogP contribution in [0.1, 0.15) is 27.4 Å². The van der Waals surface area contributed by atoms with Gasteiger partial charge in [0.1, 0.15) is 11.5 Å². The maximum absolute atomic E-state index is 12.9. The largest absolute Gasteiger partial charge is 0.497 e. The van der Waals surface area contributed by atoms with Gasteiger partial charge in [0.25, 0.3) is 5.91 Å². The second-order valence-electron chi connectivity index (χ2n) is 7.50. The van der Waals surface area contributed by atoms with Gasteiger partial charge in [-0.15, -0.1) is 0 Å². The molecule has 1 amide bonds. The molecule has 1 N–H and O–H groups in total. The lowest BCUT2D eigenvalue weighted by Gasteiger charge is -2.09. The van der Waals surface area contributed by atoms with Crippen LogP contribution < -0.4 is 14.8 Å². The summed E-state index contributed by atoms with van der Waals surface area (Å²) in [5.74, 6) is 1.13. The van der Waals surface area contributed by atoms with E-state index in [0.717, 1.165) is 11.3 Å². The minimum absolute atomic E-state index is 0.112. The number of anilines is 1. The normalized spacial score (nSPS) is 10.9. The summed E-state index contributed by atoms with van der Waals surface area (Å²) in [5.41, 5.74) is 3.46. The summed E-state index contributed by atoms with van der Waals surface area (Å²) in [6.07, 6.45) is 0. The van der Waals surface area contributed by atoms with E-state index in [1.807, 2.05) is 13.8 Å². The van der Waals surface area contributed by atoms with E-state index in [1.165, 1.54) is 0 Å². The van der Waals surface area contributed by atoms with Crippen molar-refractivity contribution in [2.75, 3.05) is 19.5 Å². The monoisotopic (exact) mass is 500 g/mol. The topological polar surface area (TPSA) is 91.4 Å². The van der Waals surface area contributed by atoms with Crippen molar-refractivity contribution in [3.05, 3.63) is 75.2 Å². The summed E-state index contributed by atoms with van der Waals surface area (Å²) in [5, 5.41) is 12.4. The van der Waals surface area contributed by atoms with E-state index in [9.17, 15) is 4.79 Å². The quantitative estimate of drug-likeness (QED) is 0.345. The number of nitrogens with zero attached hydrogens (tertiary/aromatic N) is 3. The van der Waals surface area contributed by atoms with Crippen molar-refractivity contribution < 1.29 is 18.8 Å². The number of nitrogens with one attached hydrogen (secondary N) is 1. The van der Waals surface area contributed by atoms with Gasteiger partial charge in [-0.3, -0.25) is 9.48 Å². The zero-order valence-electron chi connectivity index (χ0n) is 19.0. The lowest BCUT2D eigenvalue weighted by atomic mass is 10.1. The van der Waals surface area contributed by atoms with Gasteiger partial charge in [0.15, 0.2) is 11.5 Å². The highest BCUT2D eigenvalue weighted by molar-refractivity contribution is 6.36. The highest BCUT2D eigenvalue weighted by atomic mass is 35.5. The van der Waals surface area contributed by atoms with Crippen molar-refractivity contribution >= 4 is 34.8 Å². The number of amides is 1. The molecule has 0 saturated carbocycles. The van der Waals surface area contributed by atoms with Crippen LogP contribution >= 0.6 is 23.2 Å². The van der Waals surface area contributed by atoms with Crippen LogP contribution in [0.3, 0.4) is 0 Å². The van der Waals surface area contributed by atoms with E-state index in [4.69, 9.17) is 37.2 Å². The van der Waals surface area contributed by atoms with Gasteiger partial charge in [-0.2, -0.15) is 5.10 Å². The number of methoxy groups -OCH3 is 2. The summed E-state index contributed by atoms with van der Waals surface area (Å²) in [6, 6.07) is 12.2. The Labute approximate surface area is 206 Å². The smallest absolute Gasteiger partial charge is 0.277 e. The van der Waals surface area contributed by atoms with Gasteiger partial charge < -0.3 is 19.3 Å². The lowest BCUT2D eigenvalue weighted by molar-refractivity contribution is 0.101. The summed E-state index contributed by atoms with van der Waals surface area (Å²) in [6.45, 7) is 4.03. The number of aromatic nitrogens is 3. The number of benzene rings is 2. The number of carbonyl (C=O) groups excluding carboxylic acids is 1. The molecule has 2 aromatic heterocycles. The number of aryl methyl sites for hydroxylation is 1. The van der Waals surface area contributed by atoms with Gasteiger partial charge in [0.05, 0.1) is 43.4 Å².